The van der Waals surface area contributed by atoms with E-state index in [2.05, 4.69) is 39.8 Å². The first-order valence-electron chi connectivity index (χ1n) is 8.16. The van der Waals surface area contributed by atoms with Gasteiger partial charge in [-0.1, -0.05) is 30.3 Å². The van der Waals surface area contributed by atoms with Crippen LogP contribution in [0.2, 0.25) is 0 Å². The van der Waals surface area contributed by atoms with Gasteiger partial charge in [0.05, 0.1) is 18.8 Å². The van der Waals surface area contributed by atoms with Gasteiger partial charge in [-0.15, -0.1) is 0 Å². The second-order valence-electron chi connectivity index (χ2n) is 5.81. The van der Waals surface area contributed by atoms with E-state index in [-0.39, 0.29) is 12.1 Å². The number of nitrogens with zero attached hydrogens (tertiary/aromatic N) is 1. The van der Waals surface area contributed by atoms with Gasteiger partial charge in [0.15, 0.2) is 0 Å². The molecule has 1 unspecified atom stereocenters. The summed E-state index contributed by atoms with van der Waals surface area (Å²) in [6.45, 7) is 3.19. The summed E-state index contributed by atoms with van der Waals surface area (Å²) in [5.41, 5.74) is 1.25. The summed E-state index contributed by atoms with van der Waals surface area (Å²) in [6.07, 6.45) is 4.07. The van der Waals surface area contributed by atoms with Gasteiger partial charge in [-0.05, 0) is 43.6 Å². The van der Waals surface area contributed by atoms with E-state index in [0.29, 0.717) is 13.1 Å². The average Bonchev–Trinajstić information content (AvgIpc) is 3.28. The maximum Gasteiger partial charge on any atom is 0.315 e. The highest BCUT2D eigenvalue weighted by Gasteiger charge is 2.23. The van der Waals surface area contributed by atoms with E-state index >= 15 is 0 Å². The lowest BCUT2D eigenvalue weighted by Crippen LogP contribution is -2.41. The van der Waals surface area contributed by atoms with Crippen LogP contribution < -0.4 is 10.6 Å². The van der Waals surface area contributed by atoms with Crippen molar-refractivity contribution in [2.45, 2.75) is 25.4 Å². The van der Waals surface area contributed by atoms with E-state index in [0.717, 1.165) is 18.8 Å². The van der Waals surface area contributed by atoms with Crippen molar-refractivity contribution in [3.05, 3.63) is 60.1 Å². The lowest BCUT2D eigenvalue weighted by molar-refractivity contribution is 0.220. The highest BCUT2D eigenvalue weighted by Crippen LogP contribution is 2.24. The largest absolute Gasteiger partial charge is 0.467 e. The number of carbonyl (C=O) groups excluding carboxylic acids is 1. The van der Waals surface area contributed by atoms with Crippen LogP contribution in [0.1, 0.15) is 30.2 Å². The fourth-order valence-electron chi connectivity index (χ4n) is 3.02. The third kappa shape index (κ3) is 4.36. The zero-order chi connectivity index (χ0) is 15.9. The molecule has 0 radical (unpaired) electrons. The van der Waals surface area contributed by atoms with Gasteiger partial charge in [-0.25, -0.2) is 4.79 Å². The Morgan fingerprint density at radius 1 is 1.09 bits per heavy atom. The highest BCUT2D eigenvalue weighted by molar-refractivity contribution is 5.73. The van der Waals surface area contributed by atoms with E-state index in [9.17, 15) is 4.79 Å². The molecule has 0 bridgehead atoms. The van der Waals surface area contributed by atoms with Crippen LogP contribution >= 0.6 is 0 Å². The lowest BCUT2D eigenvalue weighted by Gasteiger charge is -2.28. The smallest absolute Gasteiger partial charge is 0.315 e. The van der Waals surface area contributed by atoms with Crippen LogP contribution in [0.5, 0.6) is 0 Å². The van der Waals surface area contributed by atoms with Gasteiger partial charge in [0.25, 0.3) is 0 Å². The second kappa shape index (κ2) is 7.83. The van der Waals surface area contributed by atoms with Gasteiger partial charge in [-0.3, -0.25) is 4.90 Å². The average molecular weight is 313 g/mol. The Morgan fingerprint density at radius 3 is 2.57 bits per heavy atom. The molecule has 2 amide bonds. The molecule has 1 aromatic carbocycles. The number of hydrogen-bond donors (Lipinski definition) is 2. The van der Waals surface area contributed by atoms with Crippen LogP contribution in [-0.2, 0) is 6.54 Å². The van der Waals surface area contributed by atoms with E-state index in [1.807, 2.05) is 18.2 Å². The molecule has 3 rings (SSSR count). The molecule has 0 saturated carbocycles. The van der Waals surface area contributed by atoms with Crippen molar-refractivity contribution in [2.75, 3.05) is 19.6 Å². The maximum absolute atomic E-state index is 12.0. The minimum absolute atomic E-state index is 0.165. The Labute approximate surface area is 136 Å². The van der Waals surface area contributed by atoms with Crippen molar-refractivity contribution in [3.8, 4) is 0 Å². The number of urea groups is 1. The SMILES string of the molecule is O=C(NCc1ccco1)NCC(c1ccccc1)N1CCCC1. The molecular formula is C18H23N3O2. The minimum Gasteiger partial charge on any atom is -0.467 e. The molecule has 2 aromatic rings. The number of furan rings is 1. The molecule has 2 N–H and O–H groups in total. The molecule has 1 aliphatic heterocycles. The summed E-state index contributed by atoms with van der Waals surface area (Å²) in [5.74, 6) is 0.749. The lowest BCUT2D eigenvalue weighted by atomic mass is 10.1. The number of benzene rings is 1. The maximum atomic E-state index is 12.0. The van der Waals surface area contributed by atoms with Crippen molar-refractivity contribution in [3.63, 3.8) is 0 Å². The molecule has 0 aliphatic carbocycles. The van der Waals surface area contributed by atoms with Gasteiger partial charge in [0.2, 0.25) is 0 Å². The van der Waals surface area contributed by atoms with Crippen LogP contribution in [0.15, 0.2) is 53.1 Å². The van der Waals surface area contributed by atoms with Crippen molar-refractivity contribution >= 4 is 6.03 Å². The predicted octanol–water partition coefficient (Wildman–Crippen LogP) is 2.92. The Kier molecular flexibility index (Phi) is 5.32. The van der Waals surface area contributed by atoms with Gasteiger partial charge in [-0.2, -0.15) is 0 Å². The molecule has 1 aromatic heterocycles. The fraction of sp³-hybridized carbons (Fsp3) is 0.389. The Morgan fingerprint density at radius 2 is 1.87 bits per heavy atom. The van der Waals surface area contributed by atoms with Crippen LogP contribution in [0.3, 0.4) is 0 Å². The van der Waals surface area contributed by atoms with Gasteiger partial charge in [0.1, 0.15) is 5.76 Å². The molecule has 1 saturated heterocycles. The topological polar surface area (TPSA) is 57.5 Å². The normalized spacial score (nSPS) is 16.2. The number of hydrogen-bond acceptors (Lipinski definition) is 3. The first kappa shape index (κ1) is 15.6. The molecule has 23 heavy (non-hydrogen) atoms. The number of carbonyl (C=O) groups is 1. The first-order valence-corrected chi connectivity index (χ1v) is 8.16. The van der Waals surface area contributed by atoms with Crippen LogP contribution in [0.4, 0.5) is 4.79 Å². The summed E-state index contributed by atoms with van der Waals surface area (Å²) >= 11 is 0. The van der Waals surface area contributed by atoms with Crippen LogP contribution in [-0.4, -0.2) is 30.6 Å². The van der Waals surface area contributed by atoms with E-state index < -0.39 is 0 Å². The van der Waals surface area contributed by atoms with Gasteiger partial charge < -0.3 is 15.1 Å². The highest BCUT2D eigenvalue weighted by atomic mass is 16.3. The fourth-order valence-corrected chi connectivity index (χ4v) is 3.02. The van der Waals surface area contributed by atoms with Crippen LogP contribution in [0, 0.1) is 0 Å². The molecule has 122 valence electrons. The van der Waals surface area contributed by atoms with E-state index in [1.54, 1.807) is 6.26 Å². The number of likely N-dealkylation sites (tertiary alicyclic amines) is 1. The van der Waals surface area contributed by atoms with Crippen molar-refractivity contribution in [1.29, 1.82) is 0 Å². The summed E-state index contributed by atoms with van der Waals surface area (Å²) in [6, 6.07) is 14.1. The number of amides is 2. The molecule has 5 nitrogen and oxygen atoms in total. The third-order valence-corrected chi connectivity index (χ3v) is 4.23. The summed E-state index contributed by atoms with van der Waals surface area (Å²) in [4.78, 5) is 14.5. The molecule has 1 aliphatic rings. The zero-order valence-corrected chi connectivity index (χ0v) is 13.2. The molecular weight excluding hydrogens is 290 g/mol. The van der Waals surface area contributed by atoms with E-state index in [4.69, 9.17) is 4.42 Å². The predicted molar refractivity (Wildman–Crippen MR) is 88.9 cm³/mol. The second-order valence-corrected chi connectivity index (χ2v) is 5.81. The zero-order valence-electron chi connectivity index (χ0n) is 13.2. The summed E-state index contributed by atoms with van der Waals surface area (Å²) in [7, 11) is 0. The molecule has 5 heteroatoms. The van der Waals surface area contributed by atoms with Gasteiger partial charge in [0, 0.05) is 6.54 Å². The molecule has 1 fully saturated rings. The van der Waals surface area contributed by atoms with Crippen LogP contribution in [0.25, 0.3) is 0 Å². The number of rotatable bonds is 6. The quantitative estimate of drug-likeness (QED) is 0.862. The monoisotopic (exact) mass is 313 g/mol. The Bertz CT molecular complexity index is 592. The molecule has 1 atom stereocenters. The summed E-state index contributed by atoms with van der Waals surface area (Å²) in [5, 5.41) is 5.81. The van der Waals surface area contributed by atoms with Crippen molar-refractivity contribution < 1.29 is 9.21 Å². The first-order chi connectivity index (χ1) is 11.3. The standard InChI is InChI=1S/C18H23N3O2/c22-18(19-13-16-9-6-12-23-16)20-14-17(21-10-4-5-11-21)15-7-2-1-3-8-15/h1-3,6-9,12,17H,4-5,10-11,13-14H2,(H2,19,20,22). The Balaban J connectivity index is 1.54. The van der Waals surface area contributed by atoms with Crippen molar-refractivity contribution in [2.24, 2.45) is 0 Å². The third-order valence-electron chi connectivity index (χ3n) is 4.23. The Hall–Kier alpha value is -2.27. The van der Waals surface area contributed by atoms with E-state index in [1.165, 1.54) is 18.4 Å². The molecule has 2 heterocycles. The number of nitrogens with one attached hydrogen (secondary N) is 2. The molecule has 0 spiro atoms. The van der Waals surface area contributed by atoms with Gasteiger partial charge >= 0.3 is 6.03 Å². The summed E-state index contributed by atoms with van der Waals surface area (Å²) < 4.78 is 5.21. The minimum atomic E-state index is -0.165. The van der Waals surface area contributed by atoms with Crippen molar-refractivity contribution in [1.82, 2.24) is 15.5 Å².